The first-order chi connectivity index (χ1) is 12.6. The molecule has 0 amide bonds. The summed E-state index contributed by atoms with van der Waals surface area (Å²) in [5.41, 5.74) is 0. The highest BCUT2D eigenvalue weighted by molar-refractivity contribution is 7.89. The Morgan fingerprint density at radius 2 is 2.12 bits per heavy atom. The van der Waals surface area contributed by atoms with Crippen molar-refractivity contribution in [3.63, 3.8) is 0 Å². The van der Waals surface area contributed by atoms with Gasteiger partial charge in [0.25, 0.3) is 5.89 Å². The van der Waals surface area contributed by atoms with E-state index in [4.69, 9.17) is 9.26 Å². The van der Waals surface area contributed by atoms with Crippen molar-refractivity contribution in [2.75, 3.05) is 53.0 Å². The Bertz CT molecular complexity index is 859. The van der Waals surface area contributed by atoms with E-state index in [1.165, 1.54) is 15.6 Å². The van der Waals surface area contributed by atoms with Gasteiger partial charge in [0.15, 0.2) is 5.82 Å². The minimum absolute atomic E-state index is 0.0144. The predicted octanol–water partition coefficient (Wildman–Crippen LogP) is 0.395. The van der Waals surface area contributed by atoms with Crippen LogP contribution < -0.4 is 5.32 Å². The fourth-order valence-corrected chi connectivity index (χ4v) is 5.86. The third-order valence-corrected chi connectivity index (χ3v) is 7.63. The van der Waals surface area contributed by atoms with E-state index in [-0.39, 0.29) is 16.8 Å². The third-order valence-electron chi connectivity index (χ3n) is 4.66. The van der Waals surface area contributed by atoms with E-state index < -0.39 is 10.0 Å². The average molecular weight is 399 g/mol. The normalized spacial score (nSPS) is 23.3. The number of hydrogen-bond donors (Lipinski definition) is 1. The molecule has 1 atom stereocenters. The standard InChI is InChI=1S/C15H21N5O4S2/c1-19-4-3-16-10-11(19)14-17-15(24-18-14)13-12(2-9-25-13)26(21,22)20-5-7-23-8-6-20/h2,9,11,16H,3-8,10H2,1H3. The van der Waals surface area contributed by atoms with Crippen LogP contribution in [-0.2, 0) is 14.8 Å². The summed E-state index contributed by atoms with van der Waals surface area (Å²) in [7, 11) is -1.60. The van der Waals surface area contributed by atoms with Crippen LogP contribution in [0.25, 0.3) is 10.8 Å². The number of nitrogens with one attached hydrogen (secondary N) is 1. The van der Waals surface area contributed by atoms with Crippen molar-refractivity contribution in [1.29, 1.82) is 0 Å². The van der Waals surface area contributed by atoms with Crippen molar-refractivity contribution in [2.24, 2.45) is 0 Å². The molecule has 2 aromatic rings. The summed E-state index contributed by atoms with van der Waals surface area (Å²) < 4.78 is 38.1. The summed E-state index contributed by atoms with van der Waals surface area (Å²) in [6, 6.07) is 1.61. The van der Waals surface area contributed by atoms with Crippen LogP contribution in [0.15, 0.2) is 20.9 Å². The number of rotatable bonds is 4. The molecular weight excluding hydrogens is 378 g/mol. The Balaban J connectivity index is 1.63. The molecule has 142 valence electrons. The Labute approximate surface area is 156 Å². The van der Waals surface area contributed by atoms with E-state index in [1.807, 2.05) is 7.05 Å². The molecule has 4 rings (SSSR count). The lowest BCUT2D eigenvalue weighted by Crippen LogP contribution is -2.44. The minimum Gasteiger partial charge on any atom is -0.379 e. The zero-order valence-corrected chi connectivity index (χ0v) is 16.1. The van der Waals surface area contributed by atoms with Gasteiger partial charge in [-0.15, -0.1) is 11.3 Å². The summed E-state index contributed by atoms with van der Waals surface area (Å²) in [4.78, 5) is 7.35. The van der Waals surface area contributed by atoms with Crippen LogP contribution in [0.3, 0.4) is 0 Å². The average Bonchev–Trinajstić information content (AvgIpc) is 3.32. The van der Waals surface area contributed by atoms with Crippen molar-refractivity contribution in [3.05, 3.63) is 17.3 Å². The van der Waals surface area contributed by atoms with Crippen molar-refractivity contribution in [2.45, 2.75) is 10.9 Å². The minimum atomic E-state index is -3.61. The quantitative estimate of drug-likeness (QED) is 0.788. The summed E-state index contributed by atoms with van der Waals surface area (Å²) in [6.07, 6.45) is 0. The highest BCUT2D eigenvalue weighted by Gasteiger charge is 2.32. The molecular formula is C15H21N5O4S2. The van der Waals surface area contributed by atoms with Gasteiger partial charge in [0.05, 0.1) is 19.3 Å². The highest BCUT2D eigenvalue weighted by atomic mass is 32.2. The summed E-state index contributed by atoms with van der Waals surface area (Å²) in [6.45, 7) is 4.07. The number of sulfonamides is 1. The van der Waals surface area contributed by atoms with Crippen LogP contribution in [-0.4, -0.2) is 80.7 Å². The molecule has 11 heteroatoms. The van der Waals surface area contributed by atoms with Gasteiger partial charge in [-0.2, -0.15) is 9.29 Å². The van der Waals surface area contributed by atoms with Crippen LogP contribution in [0.1, 0.15) is 11.9 Å². The molecule has 26 heavy (non-hydrogen) atoms. The number of nitrogens with zero attached hydrogens (tertiary/aromatic N) is 4. The van der Waals surface area contributed by atoms with Gasteiger partial charge < -0.3 is 14.6 Å². The SMILES string of the molecule is CN1CCNCC1c1noc(-c2sccc2S(=O)(=O)N2CCOCC2)n1. The predicted molar refractivity (Wildman–Crippen MR) is 95.4 cm³/mol. The Morgan fingerprint density at radius 1 is 1.31 bits per heavy atom. The number of hydrogen-bond acceptors (Lipinski definition) is 9. The fraction of sp³-hybridized carbons (Fsp3) is 0.600. The molecule has 1 N–H and O–H groups in total. The number of piperazine rings is 1. The molecule has 1 unspecified atom stereocenters. The Kier molecular flexibility index (Phi) is 5.08. The maximum atomic E-state index is 13.0. The Hall–Kier alpha value is -1.37. The largest absolute Gasteiger partial charge is 0.379 e. The molecule has 9 nitrogen and oxygen atoms in total. The van der Waals surface area contributed by atoms with Crippen molar-refractivity contribution < 1.29 is 17.7 Å². The van der Waals surface area contributed by atoms with Crippen LogP contribution in [0, 0.1) is 0 Å². The first-order valence-corrected chi connectivity index (χ1v) is 10.8. The smallest absolute Gasteiger partial charge is 0.269 e. The third kappa shape index (κ3) is 3.30. The number of likely N-dealkylation sites (N-methyl/N-ethyl adjacent to an activating group) is 1. The van der Waals surface area contributed by atoms with Crippen LogP contribution >= 0.6 is 11.3 Å². The monoisotopic (exact) mass is 399 g/mol. The van der Waals surface area contributed by atoms with E-state index >= 15 is 0 Å². The molecule has 2 saturated heterocycles. The van der Waals surface area contributed by atoms with Gasteiger partial charge in [-0.25, -0.2) is 8.42 Å². The molecule has 4 heterocycles. The van der Waals surface area contributed by atoms with Crippen LogP contribution in [0.5, 0.6) is 0 Å². The first kappa shape index (κ1) is 18.0. The molecule has 2 aliphatic heterocycles. The van der Waals surface area contributed by atoms with E-state index in [2.05, 4.69) is 20.4 Å². The fourth-order valence-electron chi connectivity index (χ4n) is 3.14. The maximum absolute atomic E-state index is 13.0. The van der Waals surface area contributed by atoms with Gasteiger partial charge in [0.1, 0.15) is 9.77 Å². The molecule has 0 aliphatic carbocycles. The molecule has 0 bridgehead atoms. The van der Waals surface area contributed by atoms with Crippen molar-refractivity contribution in [1.82, 2.24) is 24.7 Å². The van der Waals surface area contributed by atoms with Gasteiger partial charge in [-0.1, -0.05) is 5.16 Å². The van der Waals surface area contributed by atoms with Gasteiger partial charge in [0, 0.05) is 32.7 Å². The molecule has 2 fully saturated rings. The molecule has 0 radical (unpaired) electrons. The van der Waals surface area contributed by atoms with E-state index in [1.54, 1.807) is 11.4 Å². The lowest BCUT2D eigenvalue weighted by Gasteiger charge is -2.30. The molecule has 0 saturated carbocycles. The second-order valence-corrected chi connectivity index (χ2v) is 9.11. The van der Waals surface area contributed by atoms with E-state index in [9.17, 15) is 8.42 Å². The summed E-state index contributed by atoms with van der Waals surface area (Å²) in [5, 5.41) is 9.14. The molecule has 2 aliphatic rings. The second-order valence-electron chi connectivity index (χ2n) is 6.29. The molecule has 2 aromatic heterocycles. The molecule has 0 aromatic carbocycles. The number of ether oxygens (including phenoxy) is 1. The summed E-state index contributed by atoms with van der Waals surface area (Å²) in [5.74, 6) is 0.818. The molecule has 0 spiro atoms. The lowest BCUT2D eigenvalue weighted by atomic mass is 10.2. The van der Waals surface area contributed by atoms with Crippen LogP contribution in [0.4, 0.5) is 0 Å². The Morgan fingerprint density at radius 3 is 2.88 bits per heavy atom. The lowest BCUT2D eigenvalue weighted by molar-refractivity contribution is 0.0730. The van der Waals surface area contributed by atoms with Crippen molar-refractivity contribution in [3.8, 4) is 10.8 Å². The van der Waals surface area contributed by atoms with Gasteiger partial charge >= 0.3 is 0 Å². The summed E-state index contributed by atoms with van der Waals surface area (Å²) >= 11 is 1.29. The maximum Gasteiger partial charge on any atom is 0.269 e. The zero-order valence-electron chi connectivity index (χ0n) is 14.4. The topological polar surface area (TPSA) is 101 Å². The highest BCUT2D eigenvalue weighted by Crippen LogP contribution is 2.34. The van der Waals surface area contributed by atoms with Crippen molar-refractivity contribution >= 4 is 21.4 Å². The number of morpholine rings is 1. The number of thiophene rings is 1. The zero-order chi connectivity index (χ0) is 18.1. The second kappa shape index (κ2) is 7.33. The number of aromatic nitrogens is 2. The first-order valence-electron chi connectivity index (χ1n) is 8.47. The van der Waals surface area contributed by atoms with E-state index in [0.29, 0.717) is 37.0 Å². The van der Waals surface area contributed by atoms with Gasteiger partial charge in [-0.3, -0.25) is 4.90 Å². The van der Waals surface area contributed by atoms with Gasteiger partial charge in [-0.05, 0) is 18.5 Å². The van der Waals surface area contributed by atoms with Gasteiger partial charge in [0.2, 0.25) is 10.0 Å². The van der Waals surface area contributed by atoms with Crippen LogP contribution in [0.2, 0.25) is 0 Å². The van der Waals surface area contributed by atoms with E-state index in [0.717, 1.165) is 19.6 Å².